The normalized spacial score (nSPS) is 16.5. The third kappa shape index (κ3) is 4.90. The first kappa shape index (κ1) is 20.6. The fraction of sp³-hybridized carbons (Fsp3) is 0.556. The van der Waals surface area contributed by atoms with Crippen molar-refractivity contribution in [3.05, 3.63) is 28.8 Å². The Morgan fingerprint density at radius 2 is 1.73 bits per heavy atom. The number of amides is 2. The number of benzene rings is 1. The van der Waals surface area contributed by atoms with Crippen molar-refractivity contribution in [1.82, 2.24) is 4.90 Å². The molecule has 0 radical (unpaired) electrons. The first-order valence-corrected chi connectivity index (χ1v) is 8.74. The summed E-state index contributed by atoms with van der Waals surface area (Å²) in [5, 5.41) is 2.32. The first-order valence-electron chi connectivity index (χ1n) is 8.36. The second kappa shape index (κ2) is 7.47. The van der Waals surface area contributed by atoms with E-state index in [9.17, 15) is 22.8 Å². The number of halogens is 4. The topological polar surface area (TPSA) is 49.4 Å². The van der Waals surface area contributed by atoms with E-state index in [0.29, 0.717) is 25.9 Å². The summed E-state index contributed by atoms with van der Waals surface area (Å²) in [6.45, 7) is 6.32. The van der Waals surface area contributed by atoms with Gasteiger partial charge in [0.05, 0.1) is 11.3 Å². The lowest BCUT2D eigenvalue weighted by molar-refractivity contribution is -0.142. The van der Waals surface area contributed by atoms with Crippen LogP contribution in [0.2, 0.25) is 5.02 Å². The van der Waals surface area contributed by atoms with E-state index < -0.39 is 29.0 Å². The number of piperidine rings is 1. The van der Waals surface area contributed by atoms with Crippen molar-refractivity contribution < 1.29 is 22.8 Å². The molecule has 0 unspecified atom stereocenters. The molecule has 2 rings (SSSR count). The van der Waals surface area contributed by atoms with Crippen LogP contribution in [0.3, 0.4) is 0 Å². The molecule has 1 aliphatic heterocycles. The smallest absolute Gasteiger partial charge is 0.342 e. The van der Waals surface area contributed by atoms with Gasteiger partial charge in [-0.25, -0.2) is 0 Å². The Morgan fingerprint density at radius 1 is 1.15 bits per heavy atom. The molecule has 144 valence electrons. The molecule has 1 heterocycles. The molecule has 0 atom stereocenters. The summed E-state index contributed by atoms with van der Waals surface area (Å²) in [6, 6.07) is 3.25. The number of likely N-dealkylation sites (tertiary alicyclic amines) is 1. The van der Waals surface area contributed by atoms with Gasteiger partial charge in [0.15, 0.2) is 0 Å². The molecule has 4 nitrogen and oxygen atoms in total. The van der Waals surface area contributed by atoms with Crippen LogP contribution in [-0.2, 0) is 15.8 Å². The van der Waals surface area contributed by atoms with Crippen LogP contribution < -0.4 is 5.32 Å². The zero-order chi connectivity index (χ0) is 19.7. The van der Waals surface area contributed by atoms with Crippen LogP contribution in [0.4, 0.5) is 18.9 Å². The lowest BCUT2D eigenvalue weighted by Gasteiger charge is -2.35. The van der Waals surface area contributed by atoms with E-state index in [1.807, 2.05) is 20.8 Å². The minimum atomic E-state index is -4.62. The zero-order valence-corrected chi connectivity index (χ0v) is 15.7. The second-order valence-corrected chi connectivity index (χ2v) is 7.93. The van der Waals surface area contributed by atoms with Gasteiger partial charge in [-0.2, -0.15) is 13.2 Å². The molecule has 0 saturated carbocycles. The van der Waals surface area contributed by atoms with Crippen molar-refractivity contribution in [2.24, 2.45) is 11.3 Å². The first-order chi connectivity index (χ1) is 11.9. The predicted molar refractivity (Wildman–Crippen MR) is 93.8 cm³/mol. The number of anilines is 1. The molecule has 1 N–H and O–H groups in total. The van der Waals surface area contributed by atoms with Gasteiger partial charge in [-0.1, -0.05) is 32.4 Å². The van der Waals surface area contributed by atoms with E-state index in [0.717, 1.165) is 12.1 Å². The highest BCUT2D eigenvalue weighted by Gasteiger charge is 2.36. The maximum atomic E-state index is 13.1. The number of carbonyl (C=O) groups is 2. The molecule has 0 bridgehead atoms. The summed E-state index contributed by atoms with van der Waals surface area (Å²) in [4.78, 5) is 26.4. The van der Waals surface area contributed by atoms with Crippen LogP contribution in [0.25, 0.3) is 0 Å². The standard InChI is InChI=1S/C18H22ClF3N2O2/c1-17(2,3)16(26)24-8-6-11(7-9-24)15(25)23-14-5-4-12(19)10-13(14)18(20,21)22/h4-5,10-11H,6-9H2,1-3H3,(H,23,25). The van der Waals surface area contributed by atoms with Crippen LogP contribution in [-0.4, -0.2) is 29.8 Å². The Labute approximate surface area is 155 Å². The molecule has 2 amide bonds. The van der Waals surface area contributed by atoms with E-state index in [1.54, 1.807) is 4.90 Å². The highest BCUT2D eigenvalue weighted by atomic mass is 35.5. The molecular formula is C18H22ClF3N2O2. The Morgan fingerprint density at radius 3 is 2.23 bits per heavy atom. The highest BCUT2D eigenvalue weighted by Crippen LogP contribution is 2.37. The molecule has 1 aliphatic rings. The number of hydrogen-bond acceptors (Lipinski definition) is 2. The van der Waals surface area contributed by atoms with E-state index in [1.165, 1.54) is 6.07 Å². The summed E-state index contributed by atoms with van der Waals surface area (Å²) in [5.74, 6) is -0.898. The Kier molecular flexibility index (Phi) is 5.90. The van der Waals surface area contributed by atoms with Crippen molar-refractivity contribution in [3.8, 4) is 0 Å². The molecule has 0 spiro atoms. The van der Waals surface area contributed by atoms with Gasteiger partial charge in [0.25, 0.3) is 0 Å². The average molecular weight is 391 g/mol. The Balaban J connectivity index is 2.04. The summed E-state index contributed by atoms with van der Waals surface area (Å²) >= 11 is 5.64. The molecule has 1 saturated heterocycles. The molecule has 0 aliphatic carbocycles. The lowest BCUT2D eigenvalue weighted by Crippen LogP contribution is -2.45. The van der Waals surface area contributed by atoms with Crippen molar-refractivity contribution >= 4 is 29.1 Å². The number of rotatable bonds is 2. The maximum absolute atomic E-state index is 13.1. The van der Waals surface area contributed by atoms with E-state index >= 15 is 0 Å². The zero-order valence-electron chi connectivity index (χ0n) is 14.9. The second-order valence-electron chi connectivity index (χ2n) is 7.49. The van der Waals surface area contributed by atoms with Gasteiger partial charge in [0.2, 0.25) is 11.8 Å². The van der Waals surface area contributed by atoms with Crippen LogP contribution in [0.5, 0.6) is 0 Å². The van der Waals surface area contributed by atoms with Gasteiger partial charge in [-0.3, -0.25) is 9.59 Å². The lowest BCUT2D eigenvalue weighted by atomic mass is 9.90. The predicted octanol–water partition coefficient (Wildman–Crippen LogP) is 4.58. The summed E-state index contributed by atoms with van der Waals surface area (Å²) in [5.41, 5.74) is -1.78. The number of carbonyl (C=O) groups excluding carboxylic acids is 2. The Bertz CT molecular complexity index is 691. The van der Waals surface area contributed by atoms with Crippen molar-refractivity contribution in [2.45, 2.75) is 39.8 Å². The number of hydrogen-bond donors (Lipinski definition) is 1. The van der Waals surface area contributed by atoms with Crippen molar-refractivity contribution in [3.63, 3.8) is 0 Å². The van der Waals surface area contributed by atoms with Gasteiger partial charge < -0.3 is 10.2 Å². The number of nitrogens with zero attached hydrogens (tertiary/aromatic N) is 1. The van der Waals surface area contributed by atoms with Gasteiger partial charge in [0, 0.05) is 29.4 Å². The molecule has 1 aromatic carbocycles. The quantitative estimate of drug-likeness (QED) is 0.803. The maximum Gasteiger partial charge on any atom is 0.418 e. The number of nitrogens with one attached hydrogen (secondary N) is 1. The fourth-order valence-electron chi connectivity index (χ4n) is 2.91. The molecular weight excluding hydrogens is 369 g/mol. The third-order valence-electron chi connectivity index (χ3n) is 4.34. The van der Waals surface area contributed by atoms with Gasteiger partial charge in [-0.05, 0) is 31.0 Å². The van der Waals surface area contributed by atoms with Gasteiger partial charge in [-0.15, -0.1) is 0 Å². The summed E-state index contributed by atoms with van der Waals surface area (Å²) < 4.78 is 39.4. The summed E-state index contributed by atoms with van der Waals surface area (Å²) in [7, 11) is 0. The van der Waals surface area contributed by atoms with E-state index in [4.69, 9.17) is 11.6 Å². The fourth-order valence-corrected chi connectivity index (χ4v) is 3.09. The largest absolute Gasteiger partial charge is 0.418 e. The van der Waals surface area contributed by atoms with Crippen LogP contribution in [0.15, 0.2) is 18.2 Å². The van der Waals surface area contributed by atoms with Crippen LogP contribution >= 0.6 is 11.6 Å². The average Bonchev–Trinajstić information content (AvgIpc) is 2.54. The summed E-state index contributed by atoms with van der Waals surface area (Å²) in [6.07, 6.45) is -3.78. The molecule has 26 heavy (non-hydrogen) atoms. The van der Waals surface area contributed by atoms with Crippen molar-refractivity contribution in [2.75, 3.05) is 18.4 Å². The molecule has 0 aromatic heterocycles. The van der Waals surface area contributed by atoms with Gasteiger partial charge >= 0.3 is 6.18 Å². The SMILES string of the molecule is CC(C)(C)C(=O)N1CCC(C(=O)Nc2ccc(Cl)cc2C(F)(F)F)CC1. The minimum absolute atomic E-state index is 0.00779. The minimum Gasteiger partial charge on any atom is -0.342 e. The van der Waals surface area contributed by atoms with Gasteiger partial charge in [0.1, 0.15) is 0 Å². The van der Waals surface area contributed by atoms with Crippen LogP contribution in [0, 0.1) is 11.3 Å². The molecule has 8 heteroatoms. The van der Waals surface area contributed by atoms with Crippen molar-refractivity contribution in [1.29, 1.82) is 0 Å². The highest BCUT2D eigenvalue weighted by molar-refractivity contribution is 6.30. The third-order valence-corrected chi connectivity index (χ3v) is 4.57. The monoisotopic (exact) mass is 390 g/mol. The van der Waals surface area contributed by atoms with E-state index in [2.05, 4.69) is 5.32 Å². The number of alkyl halides is 3. The Hall–Kier alpha value is -1.76. The van der Waals surface area contributed by atoms with E-state index in [-0.39, 0.29) is 16.6 Å². The molecule has 1 aromatic rings. The molecule has 1 fully saturated rings. The van der Waals surface area contributed by atoms with Crippen LogP contribution in [0.1, 0.15) is 39.2 Å².